The van der Waals surface area contributed by atoms with Crippen molar-refractivity contribution in [3.05, 3.63) is 111 Å². The highest BCUT2D eigenvalue weighted by atomic mass is 35.5. The second-order valence-corrected chi connectivity index (χ2v) is 11.5. The summed E-state index contributed by atoms with van der Waals surface area (Å²) >= 11 is 31.4. The summed E-state index contributed by atoms with van der Waals surface area (Å²) in [6.07, 6.45) is 3.68. The Labute approximate surface area is 238 Å². The van der Waals surface area contributed by atoms with Gasteiger partial charge in [0.05, 0.1) is 16.6 Å². The number of benzene rings is 3. The second-order valence-electron chi connectivity index (χ2n) is 8.73. The molecule has 1 aromatic heterocycles. The summed E-state index contributed by atoms with van der Waals surface area (Å²) in [7, 11) is 0. The summed E-state index contributed by atoms with van der Waals surface area (Å²) < 4.78 is 0.419. The average molecular weight is 594 g/mol. The maximum absolute atomic E-state index is 13.1. The number of hydrogen-bond acceptors (Lipinski definition) is 3. The molecule has 2 atom stereocenters. The lowest BCUT2D eigenvalue weighted by atomic mass is 10.0. The number of Topliss-reactive ketones (excluding diaryl/α,β-unsaturated/α-hetero) is 1. The van der Waals surface area contributed by atoms with Gasteiger partial charge in [-0.15, -0.1) is 23.2 Å². The number of carbonyl (C=O) groups excluding carboxylic acids is 2. The first kappa shape index (κ1) is 26.1. The lowest BCUT2D eigenvalue weighted by Gasteiger charge is -2.10. The van der Waals surface area contributed by atoms with Crippen molar-refractivity contribution in [1.29, 1.82) is 0 Å². The second kappa shape index (κ2) is 10.3. The number of aromatic nitrogens is 2. The quantitative estimate of drug-likeness (QED) is 0.176. The van der Waals surface area contributed by atoms with Gasteiger partial charge in [0.25, 0.3) is 0 Å². The molecule has 0 spiro atoms. The van der Waals surface area contributed by atoms with Gasteiger partial charge in [-0.2, -0.15) is 5.10 Å². The van der Waals surface area contributed by atoms with Gasteiger partial charge in [-0.25, -0.2) is 4.68 Å². The number of anilines is 1. The maximum Gasteiger partial charge on any atom is 0.231 e. The summed E-state index contributed by atoms with van der Waals surface area (Å²) in [6, 6.07) is 19.0. The van der Waals surface area contributed by atoms with E-state index in [-0.39, 0.29) is 23.1 Å². The molecule has 1 fully saturated rings. The summed E-state index contributed by atoms with van der Waals surface area (Å²) in [4.78, 5) is 26.1. The largest absolute Gasteiger partial charge is 0.326 e. The van der Waals surface area contributed by atoms with Crippen molar-refractivity contribution in [3.8, 4) is 5.69 Å². The number of carbonyl (C=O) groups is 2. The molecular weight excluding hydrogens is 576 g/mol. The van der Waals surface area contributed by atoms with E-state index in [1.807, 2.05) is 36.5 Å². The molecule has 5 rings (SSSR count). The fourth-order valence-electron chi connectivity index (χ4n) is 4.33. The summed E-state index contributed by atoms with van der Waals surface area (Å²) in [5.74, 6) is -1.78. The van der Waals surface area contributed by atoms with E-state index < -0.39 is 16.2 Å². The molecule has 0 saturated heterocycles. The number of hydrogen-bond donors (Lipinski definition) is 1. The molecule has 2 unspecified atom stereocenters. The van der Waals surface area contributed by atoms with Crippen LogP contribution >= 0.6 is 58.0 Å². The minimum atomic E-state index is -1.31. The Hall–Kier alpha value is -2.54. The van der Waals surface area contributed by atoms with Crippen LogP contribution in [0.3, 0.4) is 0 Å². The molecule has 1 amide bonds. The highest BCUT2D eigenvalue weighted by Gasteiger charge is 2.67. The van der Waals surface area contributed by atoms with Gasteiger partial charge in [0.1, 0.15) is 4.33 Å². The minimum Gasteiger partial charge on any atom is -0.326 e. The zero-order valence-electron chi connectivity index (χ0n) is 19.0. The standard InChI is InChI=1S/C27H18Cl5N3O2/c28-17-11-16(12-18(29)13-17)24-25(27(24,31)32)26(37)34-19-4-7-22(30)21(14-19)23(36)10-15-2-5-20(6-3-15)35-9-1-8-33-35/h1-9,11-14,24-25H,10H2,(H,34,37). The minimum absolute atomic E-state index is 0.142. The van der Waals surface area contributed by atoms with Crippen LogP contribution in [0, 0.1) is 5.92 Å². The van der Waals surface area contributed by atoms with Gasteiger partial charge in [0, 0.05) is 46.0 Å². The Morgan fingerprint density at radius 2 is 1.65 bits per heavy atom. The molecule has 0 aliphatic heterocycles. The van der Waals surface area contributed by atoms with E-state index in [0.29, 0.717) is 26.9 Å². The third-order valence-corrected chi connectivity index (χ3v) is 7.89. The average Bonchev–Trinajstić information content (AvgIpc) is 3.16. The van der Waals surface area contributed by atoms with Gasteiger partial charge in [-0.3, -0.25) is 9.59 Å². The third kappa shape index (κ3) is 5.52. The molecular formula is C27H18Cl5N3O2. The van der Waals surface area contributed by atoms with Crippen LogP contribution in [-0.4, -0.2) is 25.8 Å². The Morgan fingerprint density at radius 3 is 2.30 bits per heavy atom. The van der Waals surface area contributed by atoms with Crippen LogP contribution in [-0.2, 0) is 11.2 Å². The first-order valence-electron chi connectivity index (χ1n) is 11.2. The lowest BCUT2D eigenvalue weighted by Crippen LogP contribution is -2.17. The number of nitrogens with one attached hydrogen (secondary N) is 1. The number of amides is 1. The zero-order valence-corrected chi connectivity index (χ0v) is 22.7. The van der Waals surface area contributed by atoms with Gasteiger partial charge in [0.2, 0.25) is 5.91 Å². The van der Waals surface area contributed by atoms with Crippen molar-refractivity contribution in [2.24, 2.45) is 5.92 Å². The molecule has 1 saturated carbocycles. The van der Waals surface area contributed by atoms with Crippen molar-refractivity contribution in [2.45, 2.75) is 16.7 Å². The van der Waals surface area contributed by atoms with Crippen LogP contribution in [0.15, 0.2) is 79.1 Å². The van der Waals surface area contributed by atoms with E-state index >= 15 is 0 Å². The Bertz CT molecular complexity index is 1470. The molecule has 188 valence electrons. The fourth-order valence-corrected chi connectivity index (χ4v) is 5.92. The first-order chi connectivity index (χ1) is 17.6. The van der Waals surface area contributed by atoms with Crippen LogP contribution in [0.5, 0.6) is 0 Å². The van der Waals surface area contributed by atoms with E-state index in [2.05, 4.69) is 10.4 Å². The van der Waals surface area contributed by atoms with Gasteiger partial charge in [-0.1, -0.05) is 46.9 Å². The predicted molar refractivity (Wildman–Crippen MR) is 149 cm³/mol. The summed E-state index contributed by atoms with van der Waals surface area (Å²) in [5.41, 5.74) is 3.09. The number of ketones is 1. The highest BCUT2D eigenvalue weighted by molar-refractivity contribution is 6.53. The third-order valence-electron chi connectivity index (χ3n) is 6.18. The predicted octanol–water partition coefficient (Wildman–Crippen LogP) is 7.78. The Morgan fingerprint density at radius 1 is 0.946 bits per heavy atom. The highest BCUT2D eigenvalue weighted by Crippen LogP contribution is 2.65. The van der Waals surface area contributed by atoms with E-state index in [1.165, 1.54) is 0 Å². The smallest absolute Gasteiger partial charge is 0.231 e. The molecule has 1 heterocycles. The van der Waals surface area contributed by atoms with Crippen molar-refractivity contribution >= 4 is 75.4 Å². The lowest BCUT2D eigenvalue weighted by molar-refractivity contribution is -0.117. The topological polar surface area (TPSA) is 64.0 Å². The van der Waals surface area contributed by atoms with Gasteiger partial charge >= 0.3 is 0 Å². The fraction of sp³-hybridized carbons (Fsp3) is 0.148. The molecule has 1 aliphatic carbocycles. The molecule has 0 bridgehead atoms. The molecule has 1 aliphatic rings. The van der Waals surface area contributed by atoms with Crippen LogP contribution in [0.25, 0.3) is 5.69 Å². The first-order valence-corrected chi connectivity index (χ1v) is 13.1. The van der Waals surface area contributed by atoms with E-state index in [1.54, 1.807) is 47.3 Å². The Balaban J connectivity index is 1.29. The number of rotatable bonds is 7. The molecule has 4 aromatic rings. The van der Waals surface area contributed by atoms with Crippen molar-refractivity contribution < 1.29 is 9.59 Å². The van der Waals surface area contributed by atoms with Gasteiger partial charge in [0.15, 0.2) is 5.78 Å². The van der Waals surface area contributed by atoms with E-state index in [0.717, 1.165) is 11.3 Å². The molecule has 3 aromatic carbocycles. The molecule has 1 N–H and O–H groups in total. The molecule has 0 radical (unpaired) electrons. The number of alkyl halides is 2. The Kier molecular flexibility index (Phi) is 7.27. The molecule has 5 nitrogen and oxygen atoms in total. The van der Waals surface area contributed by atoms with Crippen LogP contribution in [0.4, 0.5) is 5.69 Å². The van der Waals surface area contributed by atoms with Crippen LogP contribution in [0.1, 0.15) is 27.4 Å². The van der Waals surface area contributed by atoms with E-state index in [4.69, 9.17) is 58.0 Å². The maximum atomic E-state index is 13.1. The summed E-state index contributed by atoms with van der Waals surface area (Å²) in [5, 5.41) is 8.14. The normalized spacial score (nSPS) is 17.9. The monoisotopic (exact) mass is 591 g/mol. The van der Waals surface area contributed by atoms with Crippen molar-refractivity contribution in [1.82, 2.24) is 9.78 Å². The zero-order chi connectivity index (χ0) is 26.3. The van der Waals surface area contributed by atoms with E-state index in [9.17, 15) is 9.59 Å². The van der Waals surface area contributed by atoms with Crippen molar-refractivity contribution in [3.63, 3.8) is 0 Å². The molecule has 37 heavy (non-hydrogen) atoms. The van der Waals surface area contributed by atoms with Gasteiger partial charge < -0.3 is 5.32 Å². The molecule has 10 heteroatoms. The van der Waals surface area contributed by atoms with Crippen LogP contribution < -0.4 is 5.32 Å². The van der Waals surface area contributed by atoms with Crippen molar-refractivity contribution in [2.75, 3.05) is 5.32 Å². The number of nitrogens with zero attached hydrogens (tertiary/aromatic N) is 2. The van der Waals surface area contributed by atoms with Gasteiger partial charge in [-0.05, 0) is 65.7 Å². The SMILES string of the molecule is O=C(Cc1ccc(-n2cccn2)cc1)c1cc(NC(=O)C2C(c3cc(Cl)cc(Cl)c3)C2(Cl)Cl)ccc1Cl. The summed E-state index contributed by atoms with van der Waals surface area (Å²) in [6.45, 7) is 0. The van der Waals surface area contributed by atoms with Crippen LogP contribution in [0.2, 0.25) is 15.1 Å². The number of halogens is 5.